The van der Waals surface area contributed by atoms with Gasteiger partial charge in [0.05, 0.1) is 5.54 Å². The molecule has 0 aromatic heterocycles. The Kier molecular flexibility index (Phi) is 4.52. The summed E-state index contributed by atoms with van der Waals surface area (Å²) in [5.41, 5.74) is 6.38. The summed E-state index contributed by atoms with van der Waals surface area (Å²) < 4.78 is 0. The first-order chi connectivity index (χ1) is 7.97. The molecular weight excluding hydrogens is 214 g/mol. The van der Waals surface area contributed by atoms with Gasteiger partial charge in [0.1, 0.15) is 0 Å². The third-order valence-electron chi connectivity index (χ3n) is 3.00. The molecule has 1 aromatic carbocycles. The van der Waals surface area contributed by atoms with Crippen molar-refractivity contribution in [1.29, 1.82) is 0 Å². The van der Waals surface area contributed by atoms with E-state index in [4.69, 9.17) is 5.73 Å². The molecule has 0 saturated carbocycles. The minimum atomic E-state index is -0.333. The lowest BCUT2D eigenvalue weighted by Gasteiger charge is -2.34. The zero-order valence-electron chi connectivity index (χ0n) is 10.7. The topological polar surface area (TPSA) is 58.4 Å². The number of benzene rings is 1. The molecule has 4 heteroatoms. The molecule has 0 heterocycles. The molecule has 0 spiro atoms. The van der Waals surface area contributed by atoms with Crippen molar-refractivity contribution in [2.75, 3.05) is 13.6 Å². The third kappa shape index (κ3) is 3.75. The average molecular weight is 235 g/mol. The van der Waals surface area contributed by atoms with Crippen LogP contribution in [0.2, 0.25) is 0 Å². The quantitative estimate of drug-likeness (QED) is 0.832. The number of carbonyl (C=O) groups is 1. The molecule has 3 N–H and O–H groups in total. The molecule has 4 nitrogen and oxygen atoms in total. The second-order valence-corrected chi connectivity index (χ2v) is 4.72. The average Bonchev–Trinajstić information content (AvgIpc) is 2.36. The zero-order valence-corrected chi connectivity index (χ0v) is 10.7. The van der Waals surface area contributed by atoms with Crippen molar-refractivity contribution in [3.05, 3.63) is 35.9 Å². The van der Waals surface area contributed by atoms with E-state index in [1.165, 1.54) is 0 Å². The smallest absolute Gasteiger partial charge is 0.317 e. The van der Waals surface area contributed by atoms with Crippen LogP contribution in [0.1, 0.15) is 19.4 Å². The first kappa shape index (κ1) is 13.5. The van der Waals surface area contributed by atoms with Crippen LogP contribution < -0.4 is 11.1 Å². The van der Waals surface area contributed by atoms with E-state index in [0.29, 0.717) is 13.1 Å². The summed E-state index contributed by atoms with van der Waals surface area (Å²) in [7, 11) is 1.76. The van der Waals surface area contributed by atoms with Gasteiger partial charge >= 0.3 is 6.03 Å². The number of urea groups is 1. The van der Waals surface area contributed by atoms with Gasteiger partial charge in [-0.25, -0.2) is 4.79 Å². The van der Waals surface area contributed by atoms with E-state index in [1.54, 1.807) is 11.9 Å². The molecule has 0 radical (unpaired) electrons. The highest BCUT2D eigenvalue weighted by molar-refractivity contribution is 5.74. The molecule has 0 atom stereocenters. The molecule has 0 saturated heterocycles. The summed E-state index contributed by atoms with van der Waals surface area (Å²) >= 11 is 0. The summed E-state index contributed by atoms with van der Waals surface area (Å²) in [6.45, 7) is 4.84. The molecule has 0 fully saturated rings. The Morgan fingerprint density at radius 3 is 2.47 bits per heavy atom. The molecule has 94 valence electrons. The van der Waals surface area contributed by atoms with Crippen LogP contribution in [0, 0.1) is 0 Å². The first-order valence-corrected chi connectivity index (χ1v) is 5.73. The van der Waals surface area contributed by atoms with Crippen molar-refractivity contribution in [3.63, 3.8) is 0 Å². The fourth-order valence-corrected chi connectivity index (χ4v) is 1.30. The van der Waals surface area contributed by atoms with Crippen LogP contribution in [-0.2, 0) is 6.54 Å². The number of likely N-dealkylation sites (N-methyl/N-ethyl adjacent to an activating group) is 1. The molecule has 0 unspecified atom stereocenters. The van der Waals surface area contributed by atoms with Crippen LogP contribution in [-0.4, -0.2) is 30.1 Å². The molecule has 0 aliphatic rings. The molecule has 1 aromatic rings. The Bertz CT molecular complexity index is 362. The Morgan fingerprint density at radius 1 is 1.35 bits per heavy atom. The zero-order chi connectivity index (χ0) is 12.9. The number of carbonyl (C=O) groups excluding carboxylic acids is 1. The summed E-state index contributed by atoms with van der Waals surface area (Å²) in [6.07, 6.45) is 0. The Hall–Kier alpha value is -1.55. The number of nitrogens with two attached hydrogens (primary N) is 1. The summed E-state index contributed by atoms with van der Waals surface area (Å²) in [4.78, 5) is 13.5. The highest BCUT2D eigenvalue weighted by Crippen LogP contribution is 2.10. The van der Waals surface area contributed by atoms with Gasteiger partial charge in [-0.15, -0.1) is 0 Å². The maximum absolute atomic E-state index is 11.9. The van der Waals surface area contributed by atoms with Gasteiger partial charge in [0, 0.05) is 20.1 Å². The molecular formula is C13H21N3O. The molecule has 0 aliphatic heterocycles. The molecule has 2 amide bonds. The van der Waals surface area contributed by atoms with Gasteiger partial charge in [0.15, 0.2) is 0 Å². The second kappa shape index (κ2) is 5.68. The van der Waals surface area contributed by atoms with Gasteiger partial charge in [-0.1, -0.05) is 30.3 Å². The Morgan fingerprint density at radius 2 is 1.94 bits per heavy atom. The highest BCUT2D eigenvalue weighted by atomic mass is 16.2. The molecule has 0 bridgehead atoms. The van der Waals surface area contributed by atoms with Gasteiger partial charge in [0.25, 0.3) is 0 Å². The number of hydrogen-bond acceptors (Lipinski definition) is 2. The normalized spacial score (nSPS) is 11.1. The Labute approximate surface area is 103 Å². The van der Waals surface area contributed by atoms with Crippen molar-refractivity contribution >= 4 is 6.03 Å². The van der Waals surface area contributed by atoms with Crippen molar-refractivity contribution in [3.8, 4) is 0 Å². The van der Waals surface area contributed by atoms with Gasteiger partial charge < -0.3 is 16.0 Å². The maximum Gasteiger partial charge on any atom is 0.317 e. The third-order valence-corrected chi connectivity index (χ3v) is 3.00. The lowest BCUT2D eigenvalue weighted by Crippen LogP contribution is -2.53. The maximum atomic E-state index is 11.9. The number of hydrogen-bond donors (Lipinski definition) is 2. The van der Waals surface area contributed by atoms with Gasteiger partial charge in [0.2, 0.25) is 0 Å². The first-order valence-electron chi connectivity index (χ1n) is 5.73. The van der Waals surface area contributed by atoms with Crippen molar-refractivity contribution in [2.24, 2.45) is 5.73 Å². The van der Waals surface area contributed by atoms with Crippen LogP contribution in [0.4, 0.5) is 4.79 Å². The Balaban J connectivity index is 2.51. The SMILES string of the molecule is CN(C(=O)NCc1ccccc1)C(C)(C)CN. The number of rotatable bonds is 4. The predicted octanol–water partition coefficient (Wildman–Crippen LogP) is 1.57. The van der Waals surface area contributed by atoms with Crippen molar-refractivity contribution in [1.82, 2.24) is 10.2 Å². The summed E-state index contributed by atoms with van der Waals surface area (Å²) in [5, 5.41) is 2.87. The van der Waals surface area contributed by atoms with Gasteiger partial charge in [-0.05, 0) is 19.4 Å². The minimum Gasteiger partial charge on any atom is -0.334 e. The number of nitrogens with one attached hydrogen (secondary N) is 1. The number of nitrogens with zero attached hydrogens (tertiary/aromatic N) is 1. The van der Waals surface area contributed by atoms with E-state index in [-0.39, 0.29) is 11.6 Å². The van der Waals surface area contributed by atoms with Crippen molar-refractivity contribution < 1.29 is 4.79 Å². The van der Waals surface area contributed by atoms with E-state index >= 15 is 0 Å². The predicted molar refractivity (Wildman–Crippen MR) is 69.6 cm³/mol. The highest BCUT2D eigenvalue weighted by Gasteiger charge is 2.25. The van der Waals surface area contributed by atoms with E-state index in [2.05, 4.69) is 5.32 Å². The van der Waals surface area contributed by atoms with E-state index < -0.39 is 0 Å². The fraction of sp³-hybridized carbons (Fsp3) is 0.462. The van der Waals surface area contributed by atoms with Crippen LogP contribution >= 0.6 is 0 Å². The number of amides is 2. The van der Waals surface area contributed by atoms with Gasteiger partial charge in [-0.2, -0.15) is 0 Å². The lowest BCUT2D eigenvalue weighted by atomic mass is 10.1. The summed E-state index contributed by atoms with van der Waals surface area (Å²) in [5.74, 6) is 0. The van der Waals surface area contributed by atoms with Crippen LogP contribution in [0.15, 0.2) is 30.3 Å². The van der Waals surface area contributed by atoms with E-state index in [9.17, 15) is 4.79 Å². The molecule has 17 heavy (non-hydrogen) atoms. The van der Waals surface area contributed by atoms with E-state index in [0.717, 1.165) is 5.56 Å². The minimum absolute atomic E-state index is 0.107. The summed E-state index contributed by atoms with van der Waals surface area (Å²) in [6, 6.07) is 9.71. The molecule has 1 rings (SSSR count). The van der Waals surface area contributed by atoms with E-state index in [1.807, 2.05) is 44.2 Å². The van der Waals surface area contributed by atoms with Gasteiger partial charge in [-0.3, -0.25) is 0 Å². The second-order valence-electron chi connectivity index (χ2n) is 4.72. The van der Waals surface area contributed by atoms with Crippen LogP contribution in [0.3, 0.4) is 0 Å². The van der Waals surface area contributed by atoms with Crippen LogP contribution in [0.25, 0.3) is 0 Å². The molecule has 0 aliphatic carbocycles. The monoisotopic (exact) mass is 235 g/mol. The fourth-order valence-electron chi connectivity index (χ4n) is 1.30. The van der Waals surface area contributed by atoms with Crippen molar-refractivity contribution in [2.45, 2.75) is 25.9 Å². The largest absolute Gasteiger partial charge is 0.334 e. The lowest BCUT2D eigenvalue weighted by molar-refractivity contribution is 0.159. The van der Waals surface area contributed by atoms with Crippen LogP contribution in [0.5, 0.6) is 0 Å². The standard InChI is InChI=1S/C13H21N3O/c1-13(2,10-14)16(3)12(17)15-9-11-7-5-4-6-8-11/h4-8H,9-10,14H2,1-3H3,(H,15,17).